The van der Waals surface area contributed by atoms with Crippen molar-refractivity contribution in [3.8, 4) is 0 Å². The van der Waals surface area contributed by atoms with Gasteiger partial charge in [0.25, 0.3) is 0 Å². The quantitative estimate of drug-likeness (QED) is 0.370. The first-order valence-electron chi connectivity index (χ1n) is 8.26. The van der Waals surface area contributed by atoms with E-state index in [1.807, 2.05) is 19.1 Å². The molecule has 23 heavy (non-hydrogen) atoms. The summed E-state index contributed by atoms with van der Waals surface area (Å²) in [5.74, 6) is -0.324. The molecule has 0 spiro atoms. The minimum atomic E-state index is -0.324. The summed E-state index contributed by atoms with van der Waals surface area (Å²) in [4.78, 5) is 11.1. The van der Waals surface area contributed by atoms with Crippen LogP contribution >= 0.6 is 0 Å². The third-order valence-corrected chi connectivity index (χ3v) is 4.32. The van der Waals surface area contributed by atoms with Crippen molar-refractivity contribution < 1.29 is 9.53 Å². The van der Waals surface area contributed by atoms with Gasteiger partial charge in [0.05, 0.1) is 7.11 Å². The largest absolute Gasteiger partial charge is 0.466 e. The molecular weight excluding hydrogens is 284 g/mol. The first-order chi connectivity index (χ1) is 10.8. The fourth-order valence-electron chi connectivity index (χ4n) is 2.93. The van der Waals surface area contributed by atoms with Crippen LogP contribution in [0.25, 0.3) is 0 Å². The van der Waals surface area contributed by atoms with Gasteiger partial charge in [-0.3, -0.25) is 0 Å². The summed E-state index contributed by atoms with van der Waals surface area (Å²) < 4.78 is 4.60. The molecule has 1 aliphatic carbocycles. The molecule has 0 aromatic heterocycles. The molecule has 0 unspecified atom stereocenters. The number of esters is 1. The highest BCUT2D eigenvalue weighted by molar-refractivity contribution is 5.83. The van der Waals surface area contributed by atoms with Gasteiger partial charge in [-0.05, 0) is 56.6 Å². The van der Waals surface area contributed by atoms with Crippen LogP contribution in [-0.2, 0) is 9.53 Å². The molecule has 0 heterocycles. The molecule has 0 bridgehead atoms. The Morgan fingerprint density at radius 2 is 1.87 bits per heavy atom. The monoisotopic (exact) mass is 314 g/mol. The van der Waals surface area contributed by atoms with E-state index in [1.54, 1.807) is 0 Å². The molecule has 0 aromatic carbocycles. The average Bonchev–Trinajstić information content (AvgIpc) is 2.45. The Kier molecular flexibility index (Phi) is 7.28. The maximum atomic E-state index is 11.1. The summed E-state index contributed by atoms with van der Waals surface area (Å²) in [6.07, 6.45) is 15.6. The molecular formula is C21H30O2. The smallest absolute Gasteiger partial charge is 0.330 e. The van der Waals surface area contributed by atoms with Crippen molar-refractivity contribution in [3.63, 3.8) is 0 Å². The molecule has 0 radical (unpaired) electrons. The van der Waals surface area contributed by atoms with Gasteiger partial charge in [-0.1, -0.05) is 55.4 Å². The Hall–Kier alpha value is -1.83. The molecule has 1 rings (SSSR count). The molecule has 0 amide bonds. The van der Waals surface area contributed by atoms with E-state index in [-0.39, 0.29) is 11.4 Å². The zero-order valence-electron chi connectivity index (χ0n) is 15.4. The summed E-state index contributed by atoms with van der Waals surface area (Å²) in [5.41, 5.74) is 5.32. The topological polar surface area (TPSA) is 26.3 Å². The van der Waals surface area contributed by atoms with Crippen LogP contribution in [0, 0.1) is 5.41 Å². The lowest BCUT2D eigenvalue weighted by Crippen LogP contribution is -2.19. The number of carbonyl (C=O) groups excluding carboxylic acids is 1. The van der Waals surface area contributed by atoms with Gasteiger partial charge in [0.15, 0.2) is 0 Å². The van der Waals surface area contributed by atoms with E-state index < -0.39 is 0 Å². The molecule has 0 aromatic rings. The number of hydrogen-bond donors (Lipinski definition) is 0. The number of ether oxygens (including phenoxy) is 1. The summed E-state index contributed by atoms with van der Waals surface area (Å²) in [7, 11) is 1.38. The number of methoxy groups -OCH3 is 1. The molecule has 2 nitrogen and oxygen atoms in total. The van der Waals surface area contributed by atoms with Gasteiger partial charge in [-0.25, -0.2) is 4.79 Å². The normalized spacial score (nSPS) is 19.7. The number of carbonyl (C=O) groups is 1. The van der Waals surface area contributed by atoms with E-state index in [2.05, 4.69) is 50.7 Å². The minimum Gasteiger partial charge on any atom is -0.466 e. The molecule has 0 aliphatic heterocycles. The fourth-order valence-corrected chi connectivity index (χ4v) is 2.93. The Morgan fingerprint density at radius 3 is 2.48 bits per heavy atom. The van der Waals surface area contributed by atoms with E-state index >= 15 is 0 Å². The molecule has 0 saturated heterocycles. The Morgan fingerprint density at radius 1 is 1.17 bits per heavy atom. The first-order valence-corrected chi connectivity index (χ1v) is 8.26. The molecule has 1 aliphatic rings. The molecule has 0 N–H and O–H groups in total. The van der Waals surface area contributed by atoms with Crippen LogP contribution in [0.3, 0.4) is 0 Å². The van der Waals surface area contributed by atoms with Crippen molar-refractivity contribution >= 4 is 5.97 Å². The van der Waals surface area contributed by atoms with Crippen molar-refractivity contribution in [1.29, 1.82) is 0 Å². The van der Waals surface area contributed by atoms with Gasteiger partial charge >= 0.3 is 5.97 Å². The highest BCUT2D eigenvalue weighted by Crippen LogP contribution is 2.40. The summed E-state index contributed by atoms with van der Waals surface area (Å²) in [6, 6.07) is 0. The Balaban J connectivity index is 2.77. The van der Waals surface area contributed by atoms with Crippen LogP contribution in [0.15, 0.2) is 58.7 Å². The van der Waals surface area contributed by atoms with E-state index in [0.717, 1.165) is 5.57 Å². The van der Waals surface area contributed by atoms with Crippen molar-refractivity contribution in [1.82, 2.24) is 0 Å². The maximum absolute atomic E-state index is 11.1. The summed E-state index contributed by atoms with van der Waals surface area (Å²) >= 11 is 0. The minimum absolute atomic E-state index is 0.273. The van der Waals surface area contributed by atoms with Crippen molar-refractivity contribution in [2.75, 3.05) is 7.11 Å². The lowest BCUT2D eigenvalue weighted by Gasteiger charge is -2.32. The van der Waals surface area contributed by atoms with Crippen molar-refractivity contribution in [3.05, 3.63) is 58.7 Å². The maximum Gasteiger partial charge on any atom is 0.330 e. The van der Waals surface area contributed by atoms with Crippen LogP contribution in [0.5, 0.6) is 0 Å². The van der Waals surface area contributed by atoms with Gasteiger partial charge in [0.1, 0.15) is 0 Å². The molecule has 0 fully saturated rings. The van der Waals surface area contributed by atoms with Crippen LogP contribution < -0.4 is 0 Å². The molecule has 126 valence electrons. The van der Waals surface area contributed by atoms with Gasteiger partial charge < -0.3 is 4.74 Å². The van der Waals surface area contributed by atoms with Crippen LogP contribution in [0.1, 0.15) is 53.9 Å². The van der Waals surface area contributed by atoms with Gasteiger partial charge in [0, 0.05) is 6.08 Å². The standard InChI is InChI=1S/C21H30O2/c1-16(9-7-10-17(2)15-20(22)23-6)12-13-19-18(3)11-8-14-21(19,4)5/h7,9-10,12-13,15H,8,11,14H2,1-6H3/b10-7+,13-12+,16-9+,17-15?. The van der Waals surface area contributed by atoms with Crippen LogP contribution in [0.4, 0.5) is 0 Å². The molecule has 0 saturated carbocycles. The Bertz CT molecular complexity index is 581. The highest BCUT2D eigenvalue weighted by atomic mass is 16.5. The number of allylic oxidation sites excluding steroid dienone is 9. The van der Waals surface area contributed by atoms with E-state index in [4.69, 9.17) is 0 Å². The predicted molar refractivity (Wildman–Crippen MR) is 98.1 cm³/mol. The fraction of sp³-hybridized carbons (Fsp3) is 0.476. The lowest BCUT2D eigenvalue weighted by atomic mass is 9.72. The van der Waals surface area contributed by atoms with Crippen molar-refractivity contribution in [2.24, 2.45) is 5.41 Å². The zero-order chi connectivity index (χ0) is 17.5. The SMILES string of the molecule is COC(=O)C=C(C)/C=C/C=C(C)/C=C/C1=C(C)CCCC1(C)C. The first kappa shape index (κ1) is 19.2. The third kappa shape index (κ3) is 6.43. The lowest BCUT2D eigenvalue weighted by molar-refractivity contribution is -0.134. The highest BCUT2D eigenvalue weighted by Gasteiger charge is 2.26. The third-order valence-electron chi connectivity index (χ3n) is 4.32. The second-order valence-electron chi connectivity index (χ2n) is 6.95. The average molecular weight is 314 g/mol. The summed E-state index contributed by atoms with van der Waals surface area (Å²) in [6.45, 7) is 10.9. The second kappa shape index (κ2) is 8.71. The predicted octanol–water partition coefficient (Wildman–Crippen LogP) is 5.69. The van der Waals surface area contributed by atoms with Crippen molar-refractivity contribution in [2.45, 2.75) is 53.9 Å². The van der Waals surface area contributed by atoms with Gasteiger partial charge in [0.2, 0.25) is 0 Å². The Labute approximate surface area is 141 Å². The van der Waals surface area contributed by atoms with E-state index in [9.17, 15) is 4.79 Å². The number of rotatable bonds is 5. The zero-order valence-corrected chi connectivity index (χ0v) is 15.4. The van der Waals surface area contributed by atoms with Crippen LogP contribution in [-0.4, -0.2) is 13.1 Å². The van der Waals surface area contributed by atoms with E-state index in [0.29, 0.717) is 0 Å². The van der Waals surface area contributed by atoms with Crippen LogP contribution in [0.2, 0.25) is 0 Å². The molecule has 0 atom stereocenters. The van der Waals surface area contributed by atoms with Gasteiger partial charge in [-0.2, -0.15) is 0 Å². The molecule has 2 heteroatoms. The van der Waals surface area contributed by atoms with E-state index in [1.165, 1.54) is 49.2 Å². The number of hydrogen-bond acceptors (Lipinski definition) is 2. The second-order valence-corrected chi connectivity index (χ2v) is 6.95. The van der Waals surface area contributed by atoms with Gasteiger partial charge in [-0.15, -0.1) is 0 Å². The summed E-state index contributed by atoms with van der Waals surface area (Å²) in [5, 5.41) is 0.